The van der Waals surface area contributed by atoms with Crippen LogP contribution in [0.1, 0.15) is 10.6 Å². The summed E-state index contributed by atoms with van der Waals surface area (Å²) < 4.78 is 3.86. The molecule has 5 heteroatoms. The fraction of sp³-hybridized carbons (Fsp3) is 0.167. The maximum absolute atomic E-state index is 9.77. The van der Waals surface area contributed by atoms with E-state index >= 15 is 0 Å². The summed E-state index contributed by atoms with van der Waals surface area (Å²) in [5, 5.41) is 0. The van der Waals surface area contributed by atoms with Crippen molar-refractivity contribution in [1.29, 1.82) is 0 Å². The normalized spacial score (nSPS) is 8.73. The quantitative estimate of drug-likeness (QED) is 0.532. The van der Waals surface area contributed by atoms with Crippen molar-refractivity contribution in [3.8, 4) is 0 Å². The fourth-order valence-corrected chi connectivity index (χ4v) is 0.358. The minimum atomic E-state index is -0.750. The molecule has 0 spiro atoms. The van der Waals surface area contributed by atoms with Crippen LogP contribution in [0.15, 0.2) is 22.8 Å². The van der Waals surface area contributed by atoms with Crippen LogP contribution < -0.4 is 0 Å². The maximum atomic E-state index is 9.77. The van der Waals surface area contributed by atoms with Crippen molar-refractivity contribution in [2.24, 2.45) is 0 Å². The molecule has 0 aliphatic heterocycles. The van der Waals surface area contributed by atoms with E-state index in [0.717, 1.165) is 0 Å². The van der Waals surface area contributed by atoms with Crippen LogP contribution in [0.4, 0.5) is 0 Å². The molecule has 0 aliphatic carbocycles. The number of halogens is 3. The zero-order chi connectivity index (χ0) is 8.69. The number of hydrogen-bond acceptors (Lipinski definition) is 2. The highest BCUT2D eigenvalue weighted by atomic mass is 35.6. The number of rotatable bonds is 1. The average molecular weight is 215 g/mol. The average Bonchev–Trinajstić information content (AvgIpc) is 2.36. The van der Waals surface area contributed by atoms with Gasteiger partial charge >= 0.3 is 0 Å². The minimum absolute atomic E-state index is 0.375. The SMILES string of the molecule is ClC(Cl)Cl.O=Cc1ccco1. The standard InChI is InChI=1S/C5H4O2.CHCl3/c6-4-5-2-1-3-7-5;2-1(3)4/h1-4H;1H. The van der Waals surface area contributed by atoms with Crippen LogP contribution in [0.2, 0.25) is 0 Å². The molecule has 0 aliphatic rings. The third-order valence-corrected chi connectivity index (χ3v) is 0.659. The number of carbonyl (C=O) groups is 1. The molecule has 1 rings (SSSR count). The summed E-state index contributed by atoms with van der Waals surface area (Å²) in [5.41, 5.74) is 0. The van der Waals surface area contributed by atoms with E-state index in [0.29, 0.717) is 12.0 Å². The number of carbonyl (C=O) groups excluding carboxylic acids is 1. The largest absolute Gasteiger partial charge is 0.462 e. The van der Waals surface area contributed by atoms with Crippen molar-refractivity contribution in [2.45, 2.75) is 4.30 Å². The summed E-state index contributed by atoms with van der Waals surface area (Å²) in [6, 6.07) is 3.27. The molecule has 0 atom stereocenters. The van der Waals surface area contributed by atoms with Crippen LogP contribution in [0, 0.1) is 0 Å². The molecule has 0 saturated heterocycles. The molecule has 0 bridgehead atoms. The highest BCUT2D eigenvalue weighted by Gasteiger charge is 1.84. The van der Waals surface area contributed by atoms with Crippen LogP contribution in [-0.4, -0.2) is 10.6 Å². The fourth-order valence-electron chi connectivity index (χ4n) is 0.358. The Morgan fingerprint density at radius 2 is 2.00 bits per heavy atom. The number of hydrogen-bond donors (Lipinski definition) is 0. The highest BCUT2D eigenvalue weighted by molar-refractivity contribution is 6.63. The van der Waals surface area contributed by atoms with Crippen molar-refractivity contribution in [3.05, 3.63) is 24.2 Å². The number of furan rings is 1. The molecule has 0 fully saturated rings. The lowest BCUT2D eigenvalue weighted by atomic mass is 10.5. The number of aldehydes is 1. The van der Waals surface area contributed by atoms with Crippen LogP contribution in [-0.2, 0) is 0 Å². The van der Waals surface area contributed by atoms with Crippen LogP contribution in [0.5, 0.6) is 0 Å². The predicted molar refractivity (Wildman–Crippen MR) is 45.4 cm³/mol. The summed E-state index contributed by atoms with van der Waals surface area (Å²) in [6.07, 6.45) is 2.13. The van der Waals surface area contributed by atoms with Gasteiger partial charge in [-0.15, -0.1) is 0 Å². The highest BCUT2D eigenvalue weighted by Crippen LogP contribution is 2.03. The summed E-state index contributed by atoms with van der Waals surface area (Å²) in [7, 11) is 0. The lowest BCUT2D eigenvalue weighted by Crippen LogP contribution is -1.65. The lowest BCUT2D eigenvalue weighted by molar-refractivity contribution is 0.110. The van der Waals surface area contributed by atoms with Crippen molar-refractivity contribution in [3.63, 3.8) is 0 Å². The van der Waals surface area contributed by atoms with Gasteiger partial charge in [-0.1, -0.05) is 34.8 Å². The zero-order valence-corrected chi connectivity index (χ0v) is 7.60. The predicted octanol–water partition coefficient (Wildman–Crippen LogP) is 3.08. The van der Waals surface area contributed by atoms with Gasteiger partial charge in [0, 0.05) is 0 Å². The van der Waals surface area contributed by atoms with E-state index in [-0.39, 0.29) is 0 Å². The first-order valence-corrected chi connectivity index (χ1v) is 3.88. The van der Waals surface area contributed by atoms with Gasteiger partial charge in [0.05, 0.1) is 6.26 Å². The first-order valence-electron chi connectivity index (χ1n) is 2.57. The monoisotopic (exact) mass is 214 g/mol. The van der Waals surface area contributed by atoms with Gasteiger partial charge in [0.15, 0.2) is 16.3 Å². The molecular weight excluding hydrogens is 210 g/mol. The van der Waals surface area contributed by atoms with Crippen LogP contribution in [0.3, 0.4) is 0 Å². The van der Waals surface area contributed by atoms with Gasteiger partial charge in [-0.05, 0) is 12.1 Å². The van der Waals surface area contributed by atoms with Gasteiger partial charge in [-0.3, -0.25) is 4.79 Å². The van der Waals surface area contributed by atoms with Gasteiger partial charge in [0.25, 0.3) is 0 Å². The van der Waals surface area contributed by atoms with Gasteiger partial charge in [-0.25, -0.2) is 0 Å². The summed E-state index contributed by atoms with van der Waals surface area (Å²) >= 11 is 14.4. The Bertz CT molecular complexity index is 181. The molecule has 0 aromatic carbocycles. The van der Waals surface area contributed by atoms with E-state index < -0.39 is 4.30 Å². The third-order valence-electron chi connectivity index (χ3n) is 0.659. The molecule has 62 valence electrons. The van der Waals surface area contributed by atoms with E-state index in [1.807, 2.05) is 0 Å². The minimum Gasteiger partial charge on any atom is -0.462 e. The summed E-state index contributed by atoms with van der Waals surface area (Å²) in [5.74, 6) is 0.375. The van der Waals surface area contributed by atoms with Crippen molar-refractivity contribution >= 4 is 41.1 Å². The maximum Gasteiger partial charge on any atom is 0.185 e. The Labute approximate surface area is 79.0 Å². The molecule has 2 nitrogen and oxygen atoms in total. The van der Waals surface area contributed by atoms with Gasteiger partial charge in [0.2, 0.25) is 0 Å². The van der Waals surface area contributed by atoms with Gasteiger partial charge in [0.1, 0.15) is 0 Å². The van der Waals surface area contributed by atoms with Crippen molar-refractivity contribution < 1.29 is 9.21 Å². The van der Waals surface area contributed by atoms with Gasteiger partial charge in [-0.2, -0.15) is 0 Å². The Hall–Kier alpha value is -0.180. The Kier molecular flexibility index (Phi) is 6.42. The lowest BCUT2D eigenvalue weighted by Gasteiger charge is -1.69. The van der Waals surface area contributed by atoms with E-state index in [9.17, 15) is 4.79 Å². The van der Waals surface area contributed by atoms with Crippen molar-refractivity contribution in [2.75, 3.05) is 0 Å². The molecule has 0 N–H and O–H groups in total. The number of alkyl halides is 3. The molecule has 0 radical (unpaired) electrons. The topological polar surface area (TPSA) is 30.2 Å². The molecule has 0 amide bonds. The molecular formula is C6H5Cl3O2. The van der Waals surface area contributed by atoms with E-state index in [2.05, 4.69) is 4.42 Å². The molecule has 1 aromatic heterocycles. The first-order chi connectivity index (χ1) is 5.16. The third kappa shape index (κ3) is 7.72. The van der Waals surface area contributed by atoms with E-state index in [4.69, 9.17) is 34.8 Å². The molecule has 11 heavy (non-hydrogen) atoms. The first kappa shape index (κ1) is 10.8. The Balaban J connectivity index is 0.000000218. The van der Waals surface area contributed by atoms with Crippen LogP contribution in [0.25, 0.3) is 0 Å². The molecule has 0 saturated carbocycles. The van der Waals surface area contributed by atoms with Crippen LogP contribution >= 0.6 is 34.8 Å². The second-order valence-corrected chi connectivity index (χ2v) is 3.36. The van der Waals surface area contributed by atoms with Crippen molar-refractivity contribution in [1.82, 2.24) is 0 Å². The van der Waals surface area contributed by atoms with E-state index in [1.165, 1.54) is 6.26 Å². The Morgan fingerprint density at radius 3 is 2.18 bits per heavy atom. The second-order valence-electron chi connectivity index (χ2n) is 1.38. The molecule has 1 heterocycles. The Morgan fingerprint density at radius 1 is 1.45 bits per heavy atom. The summed E-state index contributed by atoms with van der Waals surface area (Å²) in [6.45, 7) is 0. The molecule has 0 unspecified atom stereocenters. The van der Waals surface area contributed by atoms with E-state index in [1.54, 1.807) is 12.1 Å². The molecule has 1 aromatic rings. The zero-order valence-electron chi connectivity index (χ0n) is 5.34. The smallest absolute Gasteiger partial charge is 0.185 e. The van der Waals surface area contributed by atoms with Gasteiger partial charge < -0.3 is 4.42 Å². The second kappa shape index (κ2) is 6.53. The summed E-state index contributed by atoms with van der Waals surface area (Å²) in [4.78, 5) is 9.77.